The lowest BCUT2D eigenvalue weighted by atomic mass is 9.91. The third-order valence-corrected chi connectivity index (χ3v) is 11.5. The second-order valence-electron chi connectivity index (χ2n) is 9.18. The van der Waals surface area contributed by atoms with Gasteiger partial charge in [0.25, 0.3) is 0 Å². The summed E-state index contributed by atoms with van der Waals surface area (Å²) in [6.45, 7) is 1.53. The molecule has 0 bridgehead atoms. The Balaban J connectivity index is 3.68. The molecule has 0 saturated carbocycles. The van der Waals surface area contributed by atoms with Crippen LogP contribution in [0.4, 0.5) is 74.6 Å². The average molecular weight is 714 g/mol. The molecule has 0 aromatic carbocycles. The molecule has 1 aliphatic rings. The molecule has 0 atom stereocenters. The molecule has 1 fully saturated rings. The van der Waals surface area contributed by atoms with Gasteiger partial charge in [-0.2, -0.15) is 83.1 Å². The smallest absolute Gasteiger partial charge is 0.300 e. The monoisotopic (exact) mass is 714 g/mol. The fraction of sp³-hybridized carbons (Fsp3) is 0.895. The van der Waals surface area contributed by atoms with Crippen molar-refractivity contribution in [3.63, 3.8) is 0 Å². The minimum Gasteiger partial charge on any atom is -0.300 e. The first-order chi connectivity index (χ1) is 18.8. The van der Waals surface area contributed by atoms with Crippen LogP contribution in [-0.4, -0.2) is 84.2 Å². The number of ketones is 2. The van der Waals surface area contributed by atoms with Crippen LogP contribution in [0.15, 0.2) is 0 Å². The lowest BCUT2D eigenvalue weighted by molar-refractivity contribution is -0.458. The quantitative estimate of drug-likeness (QED) is 0.179. The highest BCUT2D eigenvalue weighted by molar-refractivity contribution is 8.33. The molecule has 0 radical (unpaired) electrons. The molecule has 1 rings (SSSR count). The van der Waals surface area contributed by atoms with E-state index in [1.807, 2.05) is 0 Å². The molecule has 1 saturated heterocycles. The number of carbonyl (C=O) groups excluding carboxylic acids is 2. The Bertz CT molecular complexity index is 1150. The SMILES string of the molecule is CCCCC(=O)CS1(OS(=O)(=O)C(F)(F)C(F)(F)C(F)(F)C(F)(F)C(F)(F)C(F)(F)C(F)(F)C(F)(F)F)CCC(=O)CC1. The van der Waals surface area contributed by atoms with Crippen molar-refractivity contribution in [1.29, 1.82) is 0 Å². The summed E-state index contributed by atoms with van der Waals surface area (Å²) in [5.74, 6) is -57.2. The molecular weight excluding hydrogens is 695 g/mol. The Morgan fingerprint density at radius 3 is 1.44 bits per heavy atom. The van der Waals surface area contributed by atoms with E-state index in [-0.39, 0.29) is 6.42 Å². The molecule has 0 aromatic rings. The number of hydrogen-bond acceptors (Lipinski definition) is 5. The van der Waals surface area contributed by atoms with Crippen LogP contribution in [0, 0.1) is 0 Å². The minimum absolute atomic E-state index is 0.0712. The highest BCUT2D eigenvalue weighted by Gasteiger charge is 2.96. The number of unbranched alkanes of at least 4 members (excludes halogenated alkanes) is 1. The van der Waals surface area contributed by atoms with E-state index in [1.165, 1.54) is 6.92 Å². The van der Waals surface area contributed by atoms with Gasteiger partial charge in [-0.3, -0.25) is 9.59 Å². The van der Waals surface area contributed by atoms with E-state index in [0.717, 1.165) is 0 Å². The molecule has 5 nitrogen and oxygen atoms in total. The molecule has 0 spiro atoms. The van der Waals surface area contributed by atoms with Gasteiger partial charge in [0.1, 0.15) is 11.6 Å². The summed E-state index contributed by atoms with van der Waals surface area (Å²) >= 11 is 0. The predicted octanol–water partition coefficient (Wildman–Crippen LogP) is 7.14. The van der Waals surface area contributed by atoms with Crippen LogP contribution < -0.4 is 0 Å². The van der Waals surface area contributed by atoms with Gasteiger partial charge in [0.2, 0.25) is 0 Å². The normalized spacial score (nSPS) is 19.3. The van der Waals surface area contributed by atoms with Crippen LogP contribution in [-0.2, 0) is 23.3 Å². The molecule has 0 amide bonds. The van der Waals surface area contributed by atoms with Gasteiger partial charge in [-0.15, -0.1) is 10.3 Å². The number of rotatable bonds is 14. The number of hydrogen-bond donors (Lipinski definition) is 0. The maximum atomic E-state index is 14.5. The Morgan fingerprint density at radius 1 is 0.698 bits per heavy atom. The van der Waals surface area contributed by atoms with Gasteiger partial charge >= 0.3 is 57.1 Å². The first-order valence-electron chi connectivity index (χ1n) is 11.2. The molecule has 24 heteroatoms. The largest absolute Gasteiger partial charge is 0.460 e. The van der Waals surface area contributed by atoms with Crippen molar-refractivity contribution >= 4 is 32.0 Å². The highest BCUT2D eigenvalue weighted by atomic mass is 32.3. The Kier molecular flexibility index (Phi) is 10.7. The maximum Gasteiger partial charge on any atom is 0.460 e. The van der Waals surface area contributed by atoms with Gasteiger partial charge in [-0.1, -0.05) is 13.3 Å². The van der Waals surface area contributed by atoms with E-state index in [1.54, 1.807) is 0 Å². The van der Waals surface area contributed by atoms with Gasteiger partial charge in [0.15, 0.2) is 0 Å². The summed E-state index contributed by atoms with van der Waals surface area (Å²) in [6, 6.07) is 0. The van der Waals surface area contributed by atoms with Crippen LogP contribution in [0.25, 0.3) is 0 Å². The molecule has 43 heavy (non-hydrogen) atoms. The van der Waals surface area contributed by atoms with Crippen molar-refractivity contribution in [3.8, 4) is 0 Å². The zero-order valence-corrected chi connectivity index (χ0v) is 22.6. The molecule has 1 aliphatic heterocycles. The fourth-order valence-corrected chi connectivity index (χ4v) is 8.81. The zero-order valence-electron chi connectivity index (χ0n) is 20.9. The summed E-state index contributed by atoms with van der Waals surface area (Å²) in [6.07, 6.45) is -9.51. The molecule has 256 valence electrons. The van der Waals surface area contributed by atoms with E-state index < -0.39 is 115 Å². The third-order valence-electron chi connectivity index (χ3n) is 5.98. The maximum absolute atomic E-state index is 14.5. The van der Waals surface area contributed by atoms with Crippen molar-refractivity contribution in [3.05, 3.63) is 0 Å². The van der Waals surface area contributed by atoms with Crippen molar-refractivity contribution in [1.82, 2.24) is 0 Å². The van der Waals surface area contributed by atoms with E-state index in [0.29, 0.717) is 6.42 Å². The van der Waals surface area contributed by atoms with Crippen molar-refractivity contribution in [2.45, 2.75) is 86.0 Å². The fourth-order valence-electron chi connectivity index (χ4n) is 3.34. The van der Waals surface area contributed by atoms with E-state index in [4.69, 9.17) is 0 Å². The predicted molar refractivity (Wildman–Crippen MR) is 112 cm³/mol. The van der Waals surface area contributed by atoms with Crippen molar-refractivity contribution < 1.29 is 96.3 Å². The number of carbonyl (C=O) groups is 2. The van der Waals surface area contributed by atoms with E-state index in [2.05, 4.69) is 3.63 Å². The summed E-state index contributed by atoms with van der Waals surface area (Å²) in [5, 5.41) is -7.83. The van der Waals surface area contributed by atoms with E-state index in [9.17, 15) is 92.6 Å². The lowest BCUT2D eigenvalue weighted by Gasteiger charge is -2.44. The Labute approximate surface area is 232 Å². The standard InChI is InChI=1S/C19H19F17O5S2/c1-2-3-4-11(38)9-42(7-5-10(37)6-8-42)41-43(39,40)19(35,36)17(30,31)15(26,27)13(22,23)12(20,21)14(24,25)16(28,29)18(32,33)34/h2-9H2,1H3. The molecule has 0 unspecified atom stereocenters. The summed E-state index contributed by atoms with van der Waals surface area (Å²) in [5.41, 5.74) is 0. The second-order valence-corrected chi connectivity index (χ2v) is 14.2. The van der Waals surface area contributed by atoms with Crippen LogP contribution in [0.3, 0.4) is 0 Å². The zero-order chi connectivity index (χ0) is 34.5. The van der Waals surface area contributed by atoms with Gasteiger partial charge in [0.05, 0.1) is 5.75 Å². The third kappa shape index (κ3) is 6.28. The molecule has 1 heterocycles. The first-order valence-corrected chi connectivity index (χ1v) is 14.7. The average Bonchev–Trinajstić information content (AvgIpc) is 2.82. The topological polar surface area (TPSA) is 77.5 Å². The second kappa shape index (κ2) is 11.6. The minimum atomic E-state index is -8.96. The lowest BCUT2D eigenvalue weighted by Crippen LogP contribution is -2.75. The summed E-state index contributed by atoms with van der Waals surface area (Å²) in [4.78, 5) is 23.6. The van der Waals surface area contributed by atoms with E-state index >= 15 is 0 Å². The van der Waals surface area contributed by atoms with Gasteiger partial charge in [-0.25, -0.2) is 3.63 Å². The van der Waals surface area contributed by atoms with Gasteiger partial charge < -0.3 is 0 Å². The van der Waals surface area contributed by atoms with Crippen molar-refractivity contribution in [2.24, 2.45) is 0 Å². The Hall–Kier alpha value is -1.59. The van der Waals surface area contributed by atoms with Crippen molar-refractivity contribution in [2.75, 3.05) is 17.3 Å². The molecule has 0 N–H and O–H groups in total. The van der Waals surface area contributed by atoms with Crippen LogP contribution >= 0.6 is 10.3 Å². The number of Topliss-reactive ketones (excluding diaryl/α,β-unsaturated/α-hetero) is 2. The molecule has 0 aromatic heterocycles. The van der Waals surface area contributed by atoms with Gasteiger partial charge in [0, 0.05) is 30.8 Å². The van der Waals surface area contributed by atoms with Crippen LogP contribution in [0.1, 0.15) is 39.0 Å². The van der Waals surface area contributed by atoms with Crippen LogP contribution in [0.5, 0.6) is 0 Å². The molecular formula is C19H19F17O5S2. The summed E-state index contributed by atoms with van der Waals surface area (Å²) < 4.78 is 258. The first kappa shape index (κ1) is 39.4. The highest BCUT2D eigenvalue weighted by Crippen LogP contribution is 2.65. The molecule has 0 aliphatic carbocycles. The Morgan fingerprint density at radius 2 is 1.07 bits per heavy atom. The number of alkyl halides is 17. The summed E-state index contributed by atoms with van der Waals surface area (Å²) in [7, 11) is -11.8. The van der Waals surface area contributed by atoms with Crippen LogP contribution in [0.2, 0.25) is 0 Å². The van der Waals surface area contributed by atoms with Gasteiger partial charge in [-0.05, 0) is 6.42 Å². The number of halogens is 17.